The van der Waals surface area contributed by atoms with Crippen molar-refractivity contribution in [2.45, 2.75) is 25.7 Å². The predicted octanol–water partition coefficient (Wildman–Crippen LogP) is 1.86. The van der Waals surface area contributed by atoms with E-state index in [1.165, 1.54) is 11.1 Å². The minimum absolute atomic E-state index is 0.153. The van der Waals surface area contributed by atoms with E-state index in [2.05, 4.69) is 32.0 Å². The fraction of sp³-hybridized carbons (Fsp3) is 0.500. The van der Waals surface area contributed by atoms with E-state index in [9.17, 15) is 0 Å². The van der Waals surface area contributed by atoms with E-state index >= 15 is 0 Å². The maximum atomic E-state index is 5.62. The van der Waals surface area contributed by atoms with Crippen LogP contribution in [-0.4, -0.2) is 13.2 Å². The van der Waals surface area contributed by atoms with Crippen LogP contribution in [0, 0.1) is 0 Å². The number of ether oxygens (including phenoxy) is 1. The second-order valence-corrected chi connectivity index (χ2v) is 4.54. The predicted molar refractivity (Wildman–Crippen MR) is 57.7 cm³/mol. The van der Waals surface area contributed by atoms with Gasteiger partial charge in [0, 0.05) is 11.0 Å². The van der Waals surface area contributed by atoms with Gasteiger partial charge in [-0.3, -0.25) is 0 Å². The van der Waals surface area contributed by atoms with Crippen molar-refractivity contribution in [2.75, 3.05) is 13.2 Å². The third kappa shape index (κ3) is 1.50. The molecule has 0 radical (unpaired) electrons. The highest BCUT2D eigenvalue weighted by Crippen LogP contribution is 2.38. The molecule has 0 bridgehead atoms. The van der Waals surface area contributed by atoms with Gasteiger partial charge in [-0.1, -0.05) is 26.0 Å². The molecule has 2 nitrogen and oxygen atoms in total. The molecule has 1 aliphatic heterocycles. The van der Waals surface area contributed by atoms with Crippen molar-refractivity contribution in [1.82, 2.24) is 0 Å². The third-order valence-corrected chi connectivity index (χ3v) is 2.79. The Bertz CT molecular complexity index is 344. The van der Waals surface area contributed by atoms with E-state index < -0.39 is 0 Å². The summed E-state index contributed by atoms with van der Waals surface area (Å²) in [5, 5.41) is 0. The molecule has 2 rings (SSSR count). The lowest BCUT2D eigenvalue weighted by atomic mass is 9.86. The third-order valence-electron chi connectivity index (χ3n) is 2.79. The molecular formula is C12H17NO. The molecule has 2 N–H and O–H groups in total. The summed E-state index contributed by atoms with van der Waals surface area (Å²) in [6.45, 7) is 5.92. The van der Waals surface area contributed by atoms with E-state index in [-0.39, 0.29) is 5.41 Å². The van der Waals surface area contributed by atoms with Crippen LogP contribution in [0.1, 0.15) is 25.0 Å². The molecule has 1 heterocycles. The Morgan fingerprint density at radius 3 is 2.93 bits per heavy atom. The summed E-state index contributed by atoms with van der Waals surface area (Å²) in [6, 6.07) is 6.40. The Balaban J connectivity index is 2.38. The van der Waals surface area contributed by atoms with Gasteiger partial charge in [-0.25, -0.2) is 0 Å². The Hall–Kier alpha value is -1.02. The summed E-state index contributed by atoms with van der Waals surface area (Å²) < 4.78 is 5.62. The van der Waals surface area contributed by atoms with Crippen LogP contribution in [0.3, 0.4) is 0 Å². The lowest BCUT2D eigenvalue weighted by Crippen LogP contribution is -2.18. The summed E-state index contributed by atoms with van der Waals surface area (Å²) in [4.78, 5) is 0. The summed E-state index contributed by atoms with van der Waals surface area (Å²) in [5.74, 6) is 1.04. The van der Waals surface area contributed by atoms with Crippen LogP contribution in [0.15, 0.2) is 18.2 Å². The lowest BCUT2D eigenvalue weighted by Gasteiger charge is -2.15. The Kier molecular flexibility index (Phi) is 2.23. The molecule has 0 aromatic heterocycles. The average molecular weight is 191 g/mol. The second-order valence-electron chi connectivity index (χ2n) is 4.54. The van der Waals surface area contributed by atoms with E-state index in [0.29, 0.717) is 6.54 Å². The molecule has 0 atom stereocenters. The minimum Gasteiger partial charge on any atom is -0.492 e. The molecule has 0 spiro atoms. The lowest BCUT2D eigenvalue weighted by molar-refractivity contribution is 0.291. The molecule has 0 saturated carbocycles. The van der Waals surface area contributed by atoms with Crippen LogP contribution in [0.5, 0.6) is 5.75 Å². The van der Waals surface area contributed by atoms with Crippen LogP contribution >= 0.6 is 0 Å². The molecule has 0 fully saturated rings. The first kappa shape index (κ1) is 9.53. The van der Waals surface area contributed by atoms with Crippen LogP contribution in [-0.2, 0) is 11.8 Å². The first-order chi connectivity index (χ1) is 6.63. The Labute approximate surface area is 85.1 Å². The van der Waals surface area contributed by atoms with Gasteiger partial charge in [-0.05, 0) is 24.6 Å². The van der Waals surface area contributed by atoms with E-state index in [1.54, 1.807) is 0 Å². The molecule has 1 aliphatic rings. The highest BCUT2D eigenvalue weighted by Gasteiger charge is 2.31. The SMILES string of the molecule is CC1(C)COc2ccc(CCN)cc21. The number of fused-ring (bicyclic) bond motifs is 1. The first-order valence-electron chi connectivity index (χ1n) is 5.10. The molecule has 0 aliphatic carbocycles. The van der Waals surface area contributed by atoms with Gasteiger partial charge in [0.2, 0.25) is 0 Å². The monoisotopic (exact) mass is 191 g/mol. The second kappa shape index (κ2) is 3.28. The van der Waals surface area contributed by atoms with Crippen molar-refractivity contribution in [3.05, 3.63) is 29.3 Å². The van der Waals surface area contributed by atoms with Crippen LogP contribution in [0.2, 0.25) is 0 Å². The fourth-order valence-corrected chi connectivity index (χ4v) is 1.89. The highest BCUT2D eigenvalue weighted by atomic mass is 16.5. The van der Waals surface area contributed by atoms with Crippen LogP contribution in [0.4, 0.5) is 0 Å². The van der Waals surface area contributed by atoms with E-state index in [4.69, 9.17) is 10.5 Å². The summed E-state index contributed by atoms with van der Waals surface area (Å²) in [7, 11) is 0. The first-order valence-corrected chi connectivity index (χ1v) is 5.10. The van der Waals surface area contributed by atoms with Crippen LogP contribution in [0.25, 0.3) is 0 Å². The zero-order valence-electron chi connectivity index (χ0n) is 8.84. The van der Waals surface area contributed by atoms with Crippen molar-refractivity contribution < 1.29 is 4.74 Å². The number of nitrogens with two attached hydrogens (primary N) is 1. The van der Waals surface area contributed by atoms with Gasteiger partial charge in [-0.2, -0.15) is 0 Å². The molecule has 2 heteroatoms. The summed E-state index contributed by atoms with van der Waals surface area (Å²) >= 11 is 0. The standard InChI is InChI=1S/C12H17NO/c1-12(2)8-14-11-4-3-9(5-6-13)7-10(11)12/h3-4,7H,5-6,8,13H2,1-2H3. The minimum atomic E-state index is 0.153. The van der Waals surface area contributed by atoms with Crippen molar-refractivity contribution in [1.29, 1.82) is 0 Å². The quantitative estimate of drug-likeness (QED) is 0.774. The fourth-order valence-electron chi connectivity index (χ4n) is 1.89. The summed E-state index contributed by atoms with van der Waals surface area (Å²) in [6.07, 6.45) is 0.948. The maximum absolute atomic E-state index is 5.62. The van der Waals surface area contributed by atoms with Crippen molar-refractivity contribution in [3.8, 4) is 5.75 Å². The zero-order valence-corrected chi connectivity index (χ0v) is 8.84. The van der Waals surface area contributed by atoms with Gasteiger partial charge in [0.05, 0.1) is 6.61 Å². The zero-order chi connectivity index (χ0) is 10.2. The van der Waals surface area contributed by atoms with Gasteiger partial charge in [0.1, 0.15) is 5.75 Å². The smallest absolute Gasteiger partial charge is 0.123 e. The largest absolute Gasteiger partial charge is 0.492 e. The molecule has 14 heavy (non-hydrogen) atoms. The topological polar surface area (TPSA) is 35.2 Å². The molecular weight excluding hydrogens is 174 g/mol. The van der Waals surface area contributed by atoms with E-state index in [0.717, 1.165) is 18.8 Å². The highest BCUT2D eigenvalue weighted by molar-refractivity contribution is 5.45. The average Bonchev–Trinajstić information content (AvgIpc) is 2.44. The molecule has 0 saturated heterocycles. The van der Waals surface area contributed by atoms with Gasteiger partial charge in [0.25, 0.3) is 0 Å². The molecule has 0 unspecified atom stereocenters. The molecule has 0 amide bonds. The van der Waals surface area contributed by atoms with Crippen molar-refractivity contribution in [3.63, 3.8) is 0 Å². The number of hydrogen-bond acceptors (Lipinski definition) is 2. The number of benzene rings is 1. The van der Waals surface area contributed by atoms with Gasteiger partial charge < -0.3 is 10.5 Å². The molecule has 1 aromatic carbocycles. The maximum Gasteiger partial charge on any atom is 0.123 e. The van der Waals surface area contributed by atoms with Gasteiger partial charge in [-0.15, -0.1) is 0 Å². The van der Waals surface area contributed by atoms with Crippen molar-refractivity contribution in [2.24, 2.45) is 5.73 Å². The normalized spacial score (nSPS) is 17.6. The van der Waals surface area contributed by atoms with Crippen LogP contribution < -0.4 is 10.5 Å². The summed E-state index contributed by atoms with van der Waals surface area (Å²) in [5.41, 5.74) is 8.33. The number of rotatable bonds is 2. The van der Waals surface area contributed by atoms with Gasteiger partial charge in [0.15, 0.2) is 0 Å². The Morgan fingerprint density at radius 2 is 2.21 bits per heavy atom. The van der Waals surface area contributed by atoms with Gasteiger partial charge >= 0.3 is 0 Å². The van der Waals surface area contributed by atoms with Crippen molar-refractivity contribution >= 4 is 0 Å². The Morgan fingerprint density at radius 1 is 1.43 bits per heavy atom. The number of hydrogen-bond donors (Lipinski definition) is 1. The molecule has 76 valence electrons. The van der Waals surface area contributed by atoms with E-state index in [1.807, 2.05) is 0 Å². The molecule has 1 aromatic rings.